The highest BCUT2D eigenvalue weighted by Gasteiger charge is 2.23. The molecule has 0 radical (unpaired) electrons. The van der Waals surface area contributed by atoms with Gasteiger partial charge in [-0.25, -0.2) is 4.79 Å². The second-order valence-corrected chi connectivity index (χ2v) is 7.86. The van der Waals surface area contributed by atoms with Crippen LogP contribution in [0.15, 0.2) is 0 Å². The minimum atomic E-state index is -0.516. The number of rotatable bonds is 7. The first-order valence-corrected chi connectivity index (χ1v) is 9.09. The van der Waals surface area contributed by atoms with Crippen molar-refractivity contribution < 1.29 is 14.3 Å². The molecule has 0 bridgehead atoms. The molecule has 1 atom stereocenters. The lowest BCUT2D eigenvalue weighted by molar-refractivity contribution is -0.121. The van der Waals surface area contributed by atoms with Gasteiger partial charge in [-0.3, -0.25) is 4.79 Å². The van der Waals surface area contributed by atoms with Gasteiger partial charge >= 0.3 is 6.09 Å². The lowest BCUT2D eigenvalue weighted by Gasteiger charge is -2.27. The van der Waals surface area contributed by atoms with E-state index in [1.165, 1.54) is 37.0 Å². The van der Waals surface area contributed by atoms with Gasteiger partial charge in [0.25, 0.3) is 0 Å². The van der Waals surface area contributed by atoms with Crippen molar-refractivity contribution in [2.45, 2.75) is 70.9 Å². The molecule has 6 nitrogen and oxygen atoms in total. The average molecular weight is 341 g/mol. The average Bonchev–Trinajstić information content (AvgIpc) is 2.51. The van der Waals surface area contributed by atoms with E-state index in [1.807, 2.05) is 27.8 Å². The highest BCUT2D eigenvalue weighted by molar-refractivity contribution is 5.76. The van der Waals surface area contributed by atoms with Gasteiger partial charge in [-0.1, -0.05) is 19.3 Å². The van der Waals surface area contributed by atoms with Crippen LogP contribution in [-0.2, 0) is 9.53 Å². The quantitative estimate of drug-likeness (QED) is 0.746. The van der Waals surface area contributed by atoms with E-state index in [0.29, 0.717) is 18.9 Å². The first-order valence-electron chi connectivity index (χ1n) is 9.09. The Labute approximate surface area is 146 Å². The summed E-state index contributed by atoms with van der Waals surface area (Å²) in [5.74, 6) is 0.665. The Morgan fingerprint density at radius 1 is 1.21 bits per heavy atom. The fourth-order valence-electron chi connectivity index (χ4n) is 2.95. The summed E-state index contributed by atoms with van der Waals surface area (Å²) in [6, 6.07) is -0.0890. The van der Waals surface area contributed by atoms with Crippen LogP contribution in [-0.4, -0.2) is 55.7 Å². The van der Waals surface area contributed by atoms with Gasteiger partial charge in [-0.15, -0.1) is 0 Å². The normalized spacial score (nSPS) is 17.2. The van der Waals surface area contributed by atoms with Crippen LogP contribution in [0, 0.1) is 5.92 Å². The summed E-state index contributed by atoms with van der Waals surface area (Å²) in [7, 11) is 3.50. The number of hydrogen-bond acceptors (Lipinski definition) is 4. The van der Waals surface area contributed by atoms with Gasteiger partial charge in [-0.2, -0.15) is 0 Å². The number of ether oxygens (including phenoxy) is 1. The fourth-order valence-corrected chi connectivity index (χ4v) is 2.95. The Hall–Kier alpha value is -1.30. The van der Waals surface area contributed by atoms with Gasteiger partial charge in [0.15, 0.2) is 0 Å². The maximum atomic E-state index is 12.1. The van der Waals surface area contributed by atoms with Crippen molar-refractivity contribution in [2.75, 3.05) is 27.2 Å². The molecule has 140 valence electrons. The van der Waals surface area contributed by atoms with E-state index in [9.17, 15) is 9.59 Å². The molecule has 1 aliphatic carbocycles. The van der Waals surface area contributed by atoms with Crippen LogP contribution >= 0.6 is 0 Å². The van der Waals surface area contributed by atoms with Gasteiger partial charge in [-0.05, 0) is 46.6 Å². The highest BCUT2D eigenvalue weighted by atomic mass is 16.6. The molecule has 0 aliphatic heterocycles. The number of hydrogen-bond donors (Lipinski definition) is 2. The molecule has 1 aliphatic rings. The first-order chi connectivity index (χ1) is 11.2. The molecule has 1 fully saturated rings. The van der Waals surface area contributed by atoms with E-state index in [-0.39, 0.29) is 18.0 Å². The number of carbonyl (C=O) groups is 2. The topological polar surface area (TPSA) is 70.7 Å². The van der Waals surface area contributed by atoms with Crippen molar-refractivity contribution >= 4 is 12.0 Å². The lowest BCUT2D eigenvalue weighted by atomic mass is 9.89. The largest absolute Gasteiger partial charge is 0.444 e. The predicted octanol–water partition coefficient (Wildman–Crippen LogP) is 2.53. The molecule has 6 heteroatoms. The second kappa shape index (κ2) is 9.87. The minimum absolute atomic E-state index is 0.0394. The highest BCUT2D eigenvalue weighted by Crippen LogP contribution is 2.22. The van der Waals surface area contributed by atoms with Gasteiger partial charge in [0.2, 0.25) is 5.91 Å². The molecule has 0 heterocycles. The van der Waals surface area contributed by atoms with Crippen LogP contribution in [0.2, 0.25) is 0 Å². The van der Waals surface area contributed by atoms with Crippen molar-refractivity contribution in [3.63, 3.8) is 0 Å². The van der Waals surface area contributed by atoms with E-state index in [4.69, 9.17) is 4.74 Å². The van der Waals surface area contributed by atoms with Crippen LogP contribution in [0.3, 0.4) is 0 Å². The predicted molar refractivity (Wildman–Crippen MR) is 95.9 cm³/mol. The number of nitrogens with one attached hydrogen (secondary N) is 2. The summed E-state index contributed by atoms with van der Waals surface area (Å²) < 4.78 is 5.34. The minimum Gasteiger partial charge on any atom is -0.444 e. The Morgan fingerprint density at radius 2 is 1.83 bits per heavy atom. The molecule has 0 aromatic carbocycles. The molecular weight excluding hydrogens is 306 g/mol. The molecule has 1 saturated carbocycles. The fraction of sp³-hybridized carbons (Fsp3) is 0.889. The van der Waals surface area contributed by atoms with Crippen LogP contribution < -0.4 is 10.6 Å². The molecule has 2 amide bonds. The maximum Gasteiger partial charge on any atom is 0.410 e. The SMILES string of the molecule is CNC(CC(=O)NCC1CCCCC1)CN(C)C(=O)OC(C)(C)C. The zero-order valence-corrected chi connectivity index (χ0v) is 16.0. The lowest BCUT2D eigenvalue weighted by Crippen LogP contribution is -2.45. The van der Waals surface area contributed by atoms with Gasteiger partial charge in [0, 0.05) is 32.6 Å². The summed E-state index contributed by atoms with van der Waals surface area (Å²) in [6.45, 7) is 6.73. The van der Waals surface area contributed by atoms with Crippen LogP contribution in [0.25, 0.3) is 0 Å². The zero-order valence-electron chi connectivity index (χ0n) is 16.0. The summed E-state index contributed by atoms with van der Waals surface area (Å²) in [6.07, 6.45) is 6.31. The Bertz CT molecular complexity index is 401. The molecule has 1 rings (SSSR count). The maximum absolute atomic E-state index is 12.1. The molecule has 0 saturated heterocycles. The van der Waals surface area contributed by atoms with Crippen molar-refractivity contribution in [2.24, 2.45) is 5.92 Å². The second-order valence-electron chi connectivity index (χ2n) is 7.86. The van der Waals surface area contributed by atoms with Crippen molar-refractivity contribution in [1.29, 1.82) is 0 Å². The molecule has 0 spiro atoms. The number of amides is 2. The van der Waals surface area contributed by atoms with Crippen LogP contribution in [0.1, 0.15) is 59.3 Å². The smallest absolute Gasteiger partial charge is 0.410 e. The van der Waals surface area contributed by atoms with Crippen molar-refractivity contribution in [3.8, 4) is 0 Å². The van der Waals surface area contributed by atoms with Crippen molar-refractivity contribution in [1.82, 2.24) is 15.5 Å². The van der Waals surface area contributed by atoms with E-state index in [0.717, 1.165) is 6.54 Å². The first kappa shape index (κ1) is 20.7. The zero-order chi connectivity index (χ0) is 18.2. The van der Waals surface area contributed by atoms with Crippen molar-refractivity contribution in [3.05, 3.63) is 0 Å². The number of nitrogens with zero attached hydrogens (tertiary/aromatic N) is 1. The Balaban J connectivity index is 2.34. The molecule has 24 heavy (non-hydrogen) atoms. The van der Waals surface area contributed by atoms with E-state index in [2.05, 4.69) is 10.6 Å². The third-order valence-corrected chi connectivity index (χ3v) is 4.35. The molecule has 1 unspecified atom stereocenters. The van der Waals surface area contributed by atoms with E-state index in [1.54, 1.807) is 7.05 Å². The summed E-state index contributed by atoms with van der Waals surface area (Å²) >= 11 is 0. The third kappa shape index (κ3) is 8.52. The van der Waals surface area contributed by atoms with E-state index >= 15 is 0 Å². The monoisotopic (exact) mass is 341 g/mol. The summed E-state index contributed by atoms with van der Waals surface area (Å²) in [5.41, 5.74) is -0.516. The molecule has 0 aromatic rings. The van der Waals surface area contributed by atoms with Gasteiger partial charge < -0.3 is 20.3 Å². The summed E-state index contributed by atoms with van der Waals surface area (Å²) in [5, 5.41) is 6.15. The van der Waals surface area contributed by atoms with Crippen LogP contribution in [0.4, 0.5) is 4.79 Å². The molecular formula is C18H35N3O3. The number of likely N-dealkylation sites (N-methyl/N-ethyl adjacent to an activating group) is 2. The van der Waals surface area contributed by atoms with Gasteiger partial charge in [0.1, 0.15) is 5.60 Å². The van der Waals surface area contributed by atoms with Gasteiger partial charge in [0.05, 0.1) is 0 Å². The Kier molecular flexibility index (Phi) is 8.53. The standard InChI is InChI=1S/C18H35N3O3/c1-18(2,3)24-17(23)21(5)13-15(19-4)11-16(22)20-12-14-9-7-6-8-10-14/h14-15,19H,6-13H2,1-5H3,(H,20,22). The molecule has 2 N–H and O–H groups in total. The summed E-state index contributed by atoms with van der Waals surface area (Å²) in [4.78, 5) is 25.7. The van der Waals surface area contributed by atoms with E-state index < -0.39 is 5.60 Å². The Morgan fingerprint density at radius 3 is 2.38 bits per heavy atom. The van der Waals surface area contributed by atoms with Crippen LogP contribution in [0.5, 0.6) is 0 Å². The number of carbonyl (C=O) groups excluding carboxylic acids is 2. The third-order valence-electron chi connectivity index (χ3n) is 4.35. The molecule has 0 aromatic heterocycles.